The Kier molecular flexibility index (Phi) is 5.33. The fourth-order valence-electron chi connectivity index (χ4n) is 1.84. The van der Waals surface area contributed by atoms with Gasteiger partial charge in [-0.05, 0) is 38.8 Å². The van der Waals surface area contributed by atoms with Crippen molar-refractivity contribution in [1.29, 1.82) is 0 Å². The summed E-state index contributed by atoms with van der Waals surface area (Å²) in [6.07, 6.45) is -0.792. The first-order chi connectivity index (χ1) is 9.48. The van der Waals surface area contributed by atoms with E-state index in [-0.39, 0.29) is 0 Å². The summed E-state index contributed by atoms with van der Waals surface area (Å²) < 4.78 is 40.0. The standard InChI is InChI=1S/C14H20FNO4S/c1-10-7-5-6-8-11(10)12(9-21(15,18)19)16-13(17)20-14(2,3)4/h5-8,12H,9H2,1-4H3,(H,16,17). The molecular weight excluding hydrogens is 297 g/mol. The summed E-state index contributed by atoms with van der Waals surface area (Å²) in [5, 5.41) is 2.41. The van der Waals surface area contributed by atoms with Crippen molar-refractivity contribution in [3.63, 3.8) is 0 Å². The molecule has 1 amide bonds. The highest BCUT2D eigenvalue weighted by Crippen LogP contribution is 2.20. The van der Waals surface area contributed by atoms with Gasteiger partial charge in [-0.3, -0.25) is 0 Å². The van der Waals surface area contributed by atoms with Crippen molar-refractivity contribution in [2.45, 2.75) is 39.3 Å². The maximum atomic E-state index is 13.0. The molecule has 0 aliphatic carbocycles. The Morgan fingerprint density at radius 2 is 1.90 bits per heavy atom. The fraction of sp³-hybridized carbons (Fsp3) is 0.500. The van der Waals surface area contributed by atoms with Crippen LogP contribution >= 0.6 is 0 Å². The predicted octanol–water partition coefficient (Wildman–Crippen LogP) is 2.86. The van der Waals surface area contributed by atoms with E-state index in [4.69, 9.17) is 4.74 Å². The molecule has 0 spiro atoms. The molecule has 1 unspecified atom stereocenters. The summed E-state index contributed by atoms with van der Waals surface area (Å²) in [6.45, 7) is 6.80. The summed E-state index contributed by atoms with van der Waals surface area (Å²) >= 11 is 0. The number of amides is 1. The summed E-state index contributed by atoms with van der Waals surface area (Å²) in [5.74, 6) is -0.836. The number of hydrogen-bond donors (Lipinski definition) is 1. The highest BCUT2D eigenvalue weighted by Gasteiger charge is 2.25. The molecule has 1 aromatic rings. The zero-order valence-electron chi connectivity index (χ0n) is 12.5. The number of benzene rings is 1. The molecule has 118 valence electrons. The van der Waals surface area contributed by atoms with Gasteiger partial charge in [-0.15, -0.1) is 3.89 Å². The van der Waals surface area contributed by atoms with Gasteiger partial charge in [0, 0.05) is 0 Å². The van der Waals surface area contributed by atoms with Crippen LogP contribution in [-0.4, -0.2) is 25.9 Å². The summed E-state index contributed by atoms with van der Waals surface area (Å²) in [4.78, 5) is 11.8. The van der Waals surface area contributed by atoms with Crippen LogP contribution in [0.2, 0.25) is 0 Å². The number of carbonyl (C=O) groups is 1. The Bertz CT molecular complexity index is 608. The molecule has 0 heterocycles. The van der Waals surface area contributed by atoms with Crippen LogP contribution in [0.4, 0.5) is 8.68 Å². The van der Waals surface area contributed by atoms with Crippen LogP contribution in [0, 0.1) is 6.92 Å². The van der Waals surface area contributed by atoms with Crippen molar-refractivity contribution in [3.05, 3.63) is 35.4 Å². The monoisotopic (exact) mass is 317 g/mol. The van der Waals surface area contributed by atoms with E-state index in [2.05, 4.69) is 5.32 Å². The van der Waals surface area contributed by atoms with Gasteiger partial charge in [-0.1, -0.05) is 24.3 Å². The molecule has 0 fully saturated rings. The second kappa shape index (κ2) is 6.43. The molecule has 0 bridgehead atoms. The van der Waals surface area contributed by atoms with E-state index in [1.807, 2.05) is 0 Å². The number of hydrogen-bond acceptors (Lipinski definition) is 4. The van der Waals surface area contributed by atoms with E-state index < -0.39 is 33.7 Å². The second-order valence-electron chi connectivity index (χ2n) is 5.76. The van der Waals surface area contributed by atoms with Gasteiger partial charge < -0.3 is 10.1 Å². The minimum absolute atomic E-state index is 0.532. The molecule has 1 N–H and O–H groups in total. The highest BCUT2D eigenvalue weighted by molar-refractivity contribution is 7.86. The molecule has 0 saturated heterocycles. The molecule has 7 heteroatoms. The van der Waals surface area contributed by atoms with Crippen LogP contribution in [0.1, 0.15) is 37.9 Å². The lowest BCUT2D eigenvalue weighted by Gasteiger charge is -2.24. The SMILES string of the molecule is Cc1ccccc1C(CS(=O)(=O)F)NC(=O)OC(C)(C)C. The van der Waals surface area contributed by atoms with Gasteiger partial charge in [0.2, 0.25) is 0 Å². The Morgan fingerprint density at radius 3 is 2.38 bits per heavy atom. The van der Waals surface area contributed by atoms with E-state index >= 15 is 0 Å². The number of halogens is 1. The lowest BCUT2D eigenvalue weighted by Crippen LogP contribution is -2.37. The molecule has 0 aliphatic heterocycles. The first kappa shape index (κ1) is 17.4. The maximum Gasteiger partial charge on any atom is 0.408 e. The minimum atomic E-state index is -4.75. The number of aryl methyl sites for hydroxylation is 1. The van der Waals surface area contributed by atoms with Crippen molar-refractivity contribution in [3.8, 4) is 0 Å². The number of alkyl carbamates (subject to hydrolysis) is 1. The predicted molar refractivity (Wildman–Crippen MR) is 78.2 cm³/mol. The molecule has 1 aromatic carbocycles. The molecule has 0 aromatic heterocycles. The summed E-state index contributed by atoms with van der Waals surface area (Å²) in [5.41, 5.74) is 0.557. The largest absolute Gasteiger partial charge is 0.444 e. The third kappa shape index (κ3) is 6.57. The Labute approximate surface area is 124 Å². The molecule has 1 atom stereocenters. The van der Waals surface area contributed by atoms with Gasteiger partial charge in [0.1, 0.15) is 11.4 Å². The van der Waals surface area contributed by atoms with Crippen LogP contribution in [0.25, 0.3) is 0 Å². The smallest absolute Gasteiger partial charge is 0.408 e. The average molecular weight is 317 g/mol. The van der Waals surface area contributed by atoms with Crippen molar-refractivity contribution in [2.75, 3.05) is 5.75 Å². The van der Waals surface area contributed by atoms with Crippen LogP contribution in [0.15, 0.2) is 24.3 Å². The first-order valence-corrected chi connectivity index (χ1v) is 8.00. The topological polar surface area (TPSA) is 72.5 Å². The molecule has 0 radical (unpaired) electrons. The first-order valence-electron chi connectivity index (χ1n) is 6.45. The average Bonchev–Trinajstić information content (AvgIpc) is 2.24. The molecule has 5 nitrogen and oxygen atoms in total. The lowest BCUT2D eigenvalue weighted by molar-refractivity contribution is 0.0508. The third-order valence-electron chi connectivity index (χ3n) is 2.62. The van der Waals surface area contributed by atoms with Crippen molar-refractivity contribution in [1.82, 2.24) is 5.32 Å². The van der Waals surface area contributed by atoms with Gasteiger partial charge in [0.15, 0.2) is 0 Å². The molecule has 0 saturated carbocycles. The maximum absolute atomic E-state index is 13.0. The Hall–Kier alpha value is -1.63. The van der Waals surface area contributed by atoms with E-state index in [9.17, 15) is 17.1 Å². The van der Waals surface area contributed by atoms with Gasteiger partial charge in [-0.25, -0.2) is 4.79 Å². The highest BCUT2D eigenvalue weighted by atomic mass is 32.3. The Morgan fingerprint density at radius 1 is 1.33 bits per heavy atom. The molecule has 0 aliphatic rings. The summed E-state index contributed by atoms with van der Waals surface area (Å²) in [6, 6.07) is 5.85. The number of ether oxygens (including phenoxy) is 1. The third-order valence-corrected chi connectivity index (χ3v) is 3.35. The lowest BCUT2D eigenvalue weighted by atomic mass is 10.0. The van der Waals surface area contributed by atoms with Crippen LogP contribution in [0.5, 0.6) is 0 Å². The Balaban J connectivity index is 2.99. The quantitative estimate of drug-likeness (QED) is 0.867. The van der Waals surface area contributed by atoms with Gasteiger partial charge in [0.25, 0.3) is 0 Å². The fourth-order valence-corrected chi connectivity index (χ4v) is 2.50. The normalized spacial score (nSPS) is 13.6. The minimum Gasteiger partial charge on any atom is -0.444 e. The number of nitrogens with one attached hydrogen (secondary N) is 1. The zero-order valence-corrected chi connectivity index (χ0v) is 13.3. The molecule has 1 rings (SSSR count). The molecular formula is C14H20FNO4S. The van der Waals surface area contributed by atoms with Gasteiger partial charge >= 0.3 is 16.3 Å². The zero-order chi connectivity index (χ0) is 16.3. The van der Waals surface area contributed by atoms with Crippen LogP contribution in [0.3, 0.4) is 0 Å². The van der Waals surface area contributed by atoms with Crippen molar-refractivity contribution >= 4 is 16.3 Å². The number of rotatable bonds is 4. The van der Waals surface area contributed by atoms with E-state index in [1.165, 1.54) is 0 Å². The van der Waals surface area contributed by atoms with E-state index in [0.717, 1.165) is 5.56 Å². The van der Waals surface area contributed by atoms with Crippen molar-refractivity contribution < 1.29 is 21.8 Å². The molecule has 21 heavy (non-hydrogen) atoms. The van der Waals surface area contributed by atoms with E-state index in [0.29, 0.717) is 5.56 Å². The van der Waals surface area contributed by atoms with Crippen LogP contribution < -0.4 is 5.32 Å². The van der Waals surface area contributed by atoms with E-state index in [1.54, 1.807) is 52.0 Å². The second-order valence-corrected chi connectivity index (χ2v) is 7.17. The van der Waals surface area contributed by atoms with Gasteiger partial charge in [-0.2, -0.15) is 8.42 Å². The number of carbonyl (C=O) groups excluding carboxylic acids is 1. The van der Waals surface area contributed by atoms with Crippen molar-refractivity contribution in [2.24, 2.45) is 0 Å². The van der Waals surface area contributed by atoms with Crippen LogP contribution in [-0.2, 0) is 15.0 Å². The summed E-state index contributed by atoms with van der Waals surface area (Å²) in [7, 11) is -4.75. The van der Waals surface area contributed by atoms with Gasteiger partial charge in [0.05, 0.1) is 6.04 Å².